The Morgan fingerprint density at radius 1 is 1.19 bits per heavy atom. The van der Waals surface area contributed by atoms with Crippen molar-refractivity contribution in [3.8, 4) is 22.8 Å². The number of hydrogen-bond acceptors (Lipinski definition) is 7. The molecule has 4 aromatic rings. The van der Waals surface area contributed by atoms with Crippen LogP contribution in [0, 0.1) is 0 Å². The molecule has 1 saturated carbocycles. The first kappa shape index (κ1) is 18.7. The summed E-state index contributed by atoms with van der Waals surface area (Å²) in [7, 11) is 0. The van der Waals surface area contributed by atoms with Crippen LogP contribution in [0.1, 0.15) is 31.7 Å². The Balaban J connectivity index is 1.30. The quantitative estimate of drug-likeness (QED) is 0.504. The number of rotatable bonds is 3. The fourth-order valence-electron chi connectivity index (χ4n) is 4.80. The summed E-state index contributed by atoms with van der Waals surface area (Å²) >= 11 is 0. The van der Waals surface area contributed by atoms with Gasteiger partial charge in [0.05, 0.1) is 24.3 Å². The van der Waals surface area contributed by atoms with Crippen molar-refractivity contribution in [2.75, 3.05) is 6.54 Å². The SMILES string of the molecule is O=C(O)N1CC[C@@H](n2ccc3cc(-c4ncc(-n5ccnn5)cc4O)nnc32)CC12CC2. The van der Waals surface area contributed by atoms with Crippen molar-refractivity contribution in [2.45, 2.75) is 37.3 Å². The lowest BCUT2D eigenvalue weighted by Crippen LogP contribution is -2.47. The van der Waals surface area contributed by atoms with Gasteiger partial charge in [0.25, 0.3) is 0 Å². The lowest BCUT2D eigenvalue weighted by atomic mass is 9.95. The predicted molar refractivity (Wildman–Crippen MR) is 112 cm³/mol. The summed E-state index contributed by atoms with van der Waals surface area (Å²) in [5.74, 6) is -0.0252. The molecule has 4 aromatic heterocycles. The fraction of sp³-hybridized carbons (Fsp3) is 0.333. The van der Waals surface area contributed by atoms with E-state index in [1.165, 1.54) is 4.68 Å². The second-order valence-electron chi connectivity index (χ2n) is 8.45. The first-order valence-corrected chi connectivity index (χ1v) is 10.4. The molecule has 2 aliphatic rings. The number of piperidine rings is 1. The van der Waals surface area contributed by atoms with Crippen LogP contribution in [0.15, 0.2) is 43.0 Å². The second-order valence-corrected chi connectivity index (χ2v) is 8.45. The third kappa shape index (κ3) is 2.88. The van der Waals surface area contributed by atoms with Crippen LogP contribution in [0.5, 0.6) is 5.75 Å². The molecule has 2 fully saturated rings. The van der Waals surface area contributed by atoms with E-state index in [2.05, 4.69) is 30.1 Å². The molecule has 11 heteroatoms. The summed E-state index contributed by atoms with van der Waals surface area (Å²) in [6.45, 7) is 0.529. The van der Waals surface area contributed by atoms with Crippen molar-refractivity contribution in [3.05, 3.63) is 43.0 Å². The minimum Gasteiger partial charge on any atom is -0.506 e. The molecule has 6 rings (SSSR count). The lowest BCUT2D eigenvalue weighted by Gasteiger charge is -2.39. The first-order valence-electron chi connectivity index (χ1n) is 10.4. The summed E-state index contributed by atoms with van der Waals surface area (Å²) in [6.07, 6.45) is 9.33. The van der Waals surface area contributed by atoms with Gasteiger partial charge in [-0.15, -0.1) is 15.3 Å². The Bertz CT molecular complexity index is 1330. The molecule has 32 heavy (non-hydrogen) atoms. The largest absolute Gasteiger partial charge is 0.506 e. The summed E-state index contributed by atoms with van der Waals surface area (Å²) in [6, 6.07) is 5.56. The number of likely N-dealkylation sites (tertiary alicyclic amines) is 1. The van der Waals surface area contributed by atoms with Crippen molar-refractivity contribution in [3.63, 3.8) is 0 Å². The molecule has 0 radical (unpaired) electrons. The molecule has 11 nitrogen and oxygen atoms in total. The number of aromatic nitrogens is 7. The van der Waals surface area contributed by atoms with Crippen LogP contribution in [0.4, 0.5) is 4.79 Å². The van der Waals surface area contributed by atoms with Crippen LogP contribution in [0.3, 0.4) is 0 Å². The van der Waals surface area contributed by atoms with Gasteiger partial charge in [-0.25, -0.2) is 14.5 Å². The van der Waals surface area contributed by atoms with Gasteiger partial charge in [-0.2, -0.15) is 0 Å². The third-order valence-corrected chi connectivity index (χ3v) is 6.57. The molecule has 1 aliphatic heterocycles. The van der Waals surface area contributed by atoms with E-state index >= 15 is 0 Å². The van der Waals surface area contributed by atoms with E-state index in [1.54, 1.807) is 29.6 Å². The maximum absolute atomic E-state index is 11.6. The average Bonchev–Trinajstić information content (AvgIpc) is 3.20. The highest BCUT2D eigenvalue weighted by Gasteiger charge is 2.54. The number of amides is 1. The van der Waals surface area contributed by atoms with Gasteiger partial charge in [0.15, 0.2) is 5.65 Å². The number of fused-ring (bicyclic) bond motifs is 1. The molecular weight excluding hydrogens is 412 g/mol. The van der Waals surface area contributed by atoms with Crippen LogP contribution in [0.2, 0.25) is 0 Å². The zero-order valence-electron chi connectivity index (χ0n) is 17.0. The number of carboxylic acid groups (broad SMARTS) is 1. The van der Waals surface area contributed by atoms with Crippen molar-refractivity contribution in [1.82, 2.24) is 39.6 Å². The molecular formula is C21H20N8O3. The minimum atomic E-state index is -0.829. The normalized spacial score (nSPS) is 19.5. The maximum atomic E-state index is 11.6. The van der Waals surface area contributed by atoms with Gasteiger partial charge in [-0.05, 0) is 37.8 Å². The fourth-order valence-corrected chi connectivity index (χ4v) is 4.80. The topological polar surface area (TPSA) is 135 Å². The van der Waals surface area contributed by atoms with E-state index < -0.39 is 6.09 Å². The minimum absolute atomic E-state index is 0.0252. The van der Waals surface area contributed by atoms with E-state index in [-0.39, 0.29) is 17.3 Å². The number of aromatic hydroxyl groups is 1. The molecule has 1 saturated heterocycles. The summed E-state index contributed by atoms with van der Waals surface area (Å²) in [5.41, 5.74) is 1.92. The van der Waals surface area contributed by atoms with E-state index in [4.69, 9.17) is 0 Å². The first-order chi connectivity index (χ1) is 15.5. The lowest BCUT2D eigenvalue weighted by molar-refractivity contribution is 0.0817. The number of carbonyl (C=O) groups is 1. The molecule has 0 bridgehead atoms. The van der Waals surface area contributed by atoms with Gasteiger partial charge in [0, 0.05) is 35.8 Å². The zero-order chi connectivity index (χ0) is 21.9. The van der Waals surface area contributed by atoms with E-state index in [0.717, 1.165) is 36.7 Å². The van der Waals surface area contributed by atoms with E-state index in [9.17, 15) is 15.0 Å². The molecule has 1 atom stereocenters. The molecule has 5 heterocycles. The Morgan fingerprint density at radius 3 is 2.78 bits per heavy atom. The molecule has 0 aromatic carbocycles. The van der Waals surface area contributed by atoms with E-state index in [0.29, 0.717) is 23.6 Å². The van der Waals surface area contributed by atoms with Crippen LogP contribution < -0.4 is 0 Å². The average molecular weight is 432 g/mol. The van der Waals surface area contributed by atoms with Crippen LogP contribution in [-0.4, -0.2) is 68.0 Å². The van der Waals surface area contributed by atoms with Crippen LogP contribution in [-0.2, 0) is 0 Å². The molecule has 162 valence electrons. The molecule has 0 unspecified atom stereocenters. The van der Waals surface area contributed by atoms with Crippen molar-refractivity contribution < 1.29 is 15.0 Å². The Hall–Kier alpha value is -4.02. The Morgan fingerprint density at radius 2 is 2.06 bits per heavy atom. The third-order valence-electron chi connectivity index (χ3n) is 6.57. The Labute approximate surface area is 181 Å². The standard InChI is InChI=1S/C21H20N8O3/c30-17-10-15(29-8-5-23-26-29)12-22-18(17)16-9-13-1-6-27(19(13)25-24-16)14-2-7-28(20(31)32)21(11-14)3-4-21/h1,5-6,8-10,12,14,30H,2-4,7,11H2,(H,31,32)/t14-/m1/s1. The number of hydrogen-bond donors (Lipinski definition) is 2. The smallest absolute Gasteiger partial charge is 0.407 e. The monoisotopic (exact) mass is 432 g/mol. The van der Waals surface area contributed by atoms with Gasteiger partial charge in [-0.3, -0.25) is 0 Å². The summed E-state index contributed by atoms with van der Waals surface area (Å²) in [5, 5.41) is 37.3. The van der Waals surface area contributed by atoms with Gasteiger partial charge in [0.1, 0.15) is 17.1 Å². The van der Waals surface area contributed by atoms with Gasteiger partial charge < -0.3 is 19.7 Å². The zero-order valence-corrected chi connectivity index (χ0v) is 17.0. The van der Waals surface area contributed by atoms with Gasteiger partial charge in [-0.1, -0.05) is 5.21 Å². The highest BCUT2D eigenvalue weighted by Crippen LogP contribution is 2.51. The van der Waals surface area contributed by atoms with Crippen molar-refractivity contribution in [1.29, 1.82) is 0 Å². The van der Waals surface area contributed by atoms with Gasteiger partial charge >= 0.3 is 6.09 Å². The Kier molecular flexibility index (Phi) is 3.94. The summed E-state index contributed by atoms with van der Waals surface area (Å²) < 4.78 is 3.61. The number of nitrogens with zero attached hydrogens (tertiary/aromatic N) is 8. The maximum Gasteiger partial charge on any atom is 0.407 e. The van der Waals surface area contributed by atoms with E-state index in [1.807, 2.05) is 18.3 Å². The molecule has 1 amide bonds. The molecule has 1 aliphatic carbocycles. The van der Waals surface area contributed by atoms with Crippen molar-refractivity contribution in [2.24, 2.45) is 0 Å². The predicted octanol–water partition coefficient (Wildman–Crippen LogP) is 2.63. The highest BCUT2D eigenvalue weighted by atomic mass is 16.4. The van der Waals surface area contributed by atoms with Crippen LogP contribution >= 0.6 is 0 Å². The summed E-state index contributed by atoms with van der Waals surface area (Å²) in [4.78, 5) is 17.5. The van der Waals surface area contributed by atoms with Gasteiger partial charge in [0.2, 0.25) is 0 Å². The second kappa shape index (κ2) is 6.74. The molecule has 2 N–H and O–H groups in total. The van der Waals surface area contributed by atoms with Crippen LogP contribution in [0.25, 0.3) is 28.1 Å². The molecule has 1 spiro atoms. The van der Waals surface area contributed by atoms with Crippen molar-refractivity contribution >= 4 is 17.1 Å². The number of pyridine rings is 1. The highest BCUT2D eigenvalue weighted by molar-refractivity contribution is 5.80.